The number of ether oxygens (including phenoxy) is 1. The van der Waals surface area contributed by atoms with Crippen LogP contribution in [-0.4, -0.2) is 40.3 Å². The van der Waals surface area contributed by atoms with Crippen molar-refractivity contribution in [1.29, 1.82) is 0 Å². The van der Waals surface area contributed by atoms with Gasteiger partial charge >= 0.3 is 0 Å². The van der Waals surface area contributed by atoms with Crippen LogP contribution in [0.1, 0.15) is 5.56 Å². The van der Waals surface area contributed by atoms with E-state index in [1.807, 2.05) is 37.3 Å². The van der Waals surface area contributed by atoms with Crippen molar-refractivity contribution in [2.24, 2.45) is 0 Å². The molecule has 2 N–H and O–H groups in total. The number of aryl methyl sites for hydroxylation is 1. The van der Waals surface area contributed by atoms with Gasteiger partial charge in [-0.25, -0.2) is 8.42 Å². The normalized spacial score (nSPS) is 11.1. The van der Waals surface area contributed by atoms with Gasteiger partial charge in [0.2, 0.25) is 15.7 Å². The van der Waals surface area contributed by atoms with E-state index in [2.05, 4.69) is 10.6 Å². The van der Waals surface area contributed by atoms with Gasteiger partial charge in [-0.1, -0.05) is 42.0 Å². The Balaban J connectivity index is 1.62. The molecule has 0 bridgehead atoms. The summed E-state index contributed by atoms with van der Waals surface area (Å²) in [6.45, 7) is 2.42. The zero-order chi connectivity index (χ0) is 23.0. The molecule has 8 heteroatoms. The minimum absolute atomic E-state index is 0.000393. The van der Waals surface area contributed by atoms with Gasteiger partial charge in [0.1, 0.15) is 4.90 Å². The average Bonchev–Trinajstić information content (AvgIpc) is 2.81. The van der Waals surface area contributed by atoms with Gasteiger partial charge in [0.25, 0.3) is 0 Å². The minimum atomic E-state index is -3.77. The first-order valence-electron chi connectivity index (χ1n) is 10.1. The van der Waals surface area contributed by atoms with E-state index >= 15 is 0 Å². The maximum atomic E-state index is 13.1. The van der Waals surface area contributed by atoms with E-state index in [0.29, 0.717) is 12.2 Å². The van der Waals surface area contributed by atoms with E-state index in [1.165, 1.54) is 13.2 Å². The number of amides is 1. The molecule has 0 spiro atoms. The van der Waals surface area contributed by atoms with E-state index in [1.54, 1.807) is 48.2 Å². The van der Waals surface area contributed by atoms with Gasteiger partial charge < -0.3 is 15.4 Å². The molecule has 0 saturated carbocycles. The number of sulfone groups is 1. The molecule has 6 nitrogen and oxygen atoms in total. The third-order valence-corrected chi connectivity index (χ3v) is 7.49. The van der Waals surface area contributed by atoms with Gasteiger partial charge in [-0.15, -0.1) is 11.8 Å². The lowest BCUT2D eigenvalue weighted by Gasteiger charge is -2.15. The lowest BCUT2D eigenvalue weighted by Crippen LogP contribution is -2.31. The number of anilines is 1. The van der Waals surface area contributed by atoms with Gasteiger partial charge in [0.15, 0.2) is 5.75 Å². The van der Waals surface area contributed by atoms with Crippen molar-refractivity contribution in [1.82, 2.24) is 5.32 Å². The van der Waals surface area contributed by atoms with Crippen LogP contribution in [-0.2, 0) is 14.6 Å². The number of carbonyl (C=O) groups is 1. The molecular weight excluding hydrogens is 444 g/mol. The highest BCUT2D eigenvalue weighted by Gasteiger charge is 2.24. The SMILES string of the molecule is COc1c(NCC(=O)NCCSc2ccccc2)cccc1S(=O)(=O)c1ccc(C)cc1. The fraction of sp³-hybridized carbons (Fsp3) is 0.208. The molecule has 3 rings (SSSR count). The third-order valence-electron chi connectivity index (χ3n) is 4.68. The second kappa shape index (κ2) is 11.1. The van der Waals surface area contributed by atoms with Gasteiger partial charge in [0.05, 0.1) is 24.2 Å². The first-order valence-corrected chi connectivity index (χ1v) is 12.6. The number of hydrogen-bond acceptors (Lipinski definition) is 6. The van der Waals surface area contributed by atoms with Crippen LogP contribution in [0.3, 0.4) is 0 Å². The summed E-state index contributed by atoms with van der Waals surface area (Å²) in [4.78, 5) is 13.6. The molecule has 0 radical (unpaired) electrons. The Morgan fingerprint density at radius 1 is 0.969 bits per heavy atom. The summed E-state index contributed by atoms with van der Waals surface area (Å²) in [6, 6.07) is 21.4. The highest BCUT2D eigenvalue weighted by molar-refractivity contribution is 7.99. The average molecular weight is 471 g/mol. The zero-order valence-electron chi connectivity index (χ0n) is 18.0. The second-order valence-electron chi connectivity index (χ2n) is 7.02. The number of carbonyl (C=O) groups excluding carboxylic acids is 1. The summed E-state index contributed by atoms with van der Waals surface area (Å²) in [5.41, 5.74) is 1.41. The van der Waals surface area contributed by atoms with Gasteiger partial charge in [-0.05, 0) is 43.3 Å². The molecular formula is C24H26N2O4S2. The lowest BCUT2D eigenvalue weighted by atomic mass is 10.2. The molecule has 0 aliphatic carbocycles. The molecule has 0 atom stereocenters. The van der Waals surface area contributed by atoms with Crippen molar-refractivity contribution < 1.29 is 17.9 Å². The maximum absolute atomic E-state index is 13.1. The van der Waals surface area contributed by atoms with Crippen molar-refractivity contribution in [3.8, 4) is 5.75 Å². The van der Waals surface area contributed by atoms with E-state index in [-0.39, 0.29) is 28.0 Å². The molecule has 0 saturated heterocycles. The molecule has 168 valence electrons. The summed E-state index contributed by atoms with van der Waals surface area (Å²) >= 11 is 1.66. The number of methoxy groups -OCH3 is 1. The van der Waals surface area contributed by atoms with Crippen LogP contribution >= 0.6 is 11.8 Å². The molecule has 32 heavy (non-hydrogen) atoms. The molecule has 0 aromatic heterocycles. The number of thioether (sulfide) groups is 1. The molecule has 0 aliphatic rings. The highest BCUT2D eigenvalue weighted by atomic mass is 32.2. The van der Waals surface area contributed by atoms with Crippen molar-refractivity contribution in [3.05, 3.63) is 78.4 Å². The molecule has 0 heterocycles. The number of rotatable bonds is 10. The summed E-state index contributed by atoms with van der Waals surface area (Å²) in [6.07, 6.45) is 0. The predicted molar refractivity (Wildman–Crippen MR) is 128 cm³/mol. The monoisotopic (exact) mass is 470 g/mol. The van der Waals surface area contributed by atoms with Crippen LogP contribution in [0, 0.1) is 6.92 Å². The molecule has 3 aromatic rings. The van der Waals surface area contributed by atoms with Crippen LogP contribution in [0.2, 0.25) is 0 Å². The van der Waals surface area contributed by atoms with E-state index in [0.717, 1.165) is 16.2 Å². The third kappa shape index (κ3) is 6.05. The highest BCUT2D eigenvalue weighted by Crippen LogP contribution is 2.35. The number of benzene rings is 3. The van der Waals surface area contributed by atoms with Crippen molar-refractivity contribution in [3.63, 3.8) is 0 Å². The van der Waals surface area contributed by atoms with Crippen molar-refractivity contribution >= 4 is 33.2 Å². The quantitative estimate of drug-likeness (QED) is 0.342. The Kier molecular flexibility index (Phi) is 8.19. The van der Waals surface area contributed by atoms with E-state index in [4.69, 9.17) is 4.74 Å². The summed E-state index contributed by atoms with van der Waals surface area (Å²) in [5, 5.41) is 5.84. The van der Waals surface area contributed by atoms with Crippen LogP contribution in [0.4, 0.5) is 5.69 Å². The Bertz CT molecular complexity index is 1150. The Hall–Kier alpha value is -2.97. The number of nitrogens with one attached hydrogen (secondary N) is 2. The van der Waals surface area contributed by atoms with Crippen molar-refractivity contribution in [2.75, 3.05) is 31.3 Å². The van der Waals surface area contributed by atoms with Gasteiger partial charge in [-0.3, -0.25) is 4.79 Å². The first kappa shape index (κ1) is 23.7. The van der Waals surface area contributed by atoms with Crippen LogP contribution in [0.25, 0.3) is 0 Å². The number of para-hydroxylation sites is 1. The second-order valence-corrected chi connectivity index (χ2v) is 10.1. The predicted octanol–water partition coefficient (Wildman–Crippen LogP) is 4.16. The van der Waals surface area contributed by atoms with Crippen LogP contribution in [0.15, 0.2) is 87.5 Å². The Morgan fingerprint density at radius 2 is 1.69 bits per heavy atom. The smallest absolute Gasteiger partial charge is 0.239 e. The largest absolute Gasteiger partial charge is 0.493 e. The van der Waals surface area contributed by atoms with E-state index < -0.39 is 9.84 Å². The summed E-state index contributed by atoms with van der Waals surface area (Å²) in [5.74, 6) is 0.747. The van der Waals surface area contributed by atoms with Gasteiger partial charge in [0, 0.05) is 17.2 Å². The Morgan fingerprint density at radius 3 is 2.38 bits per heavy atom. The zero-order valence-corrected chi connectivity index (χ0v) is 19.6. The van der Waals surface area contributed by atoms with Crippen LogP contribution in [0.5, 0.6) is 5.75 Å². The number of hydrogen-bond donors (Lipinski definition) is 2. The molecule has 0 unspecified atom stereocenters. The molecule has 3 aromatic carbocycles. The Labute approximate surface area is 193 Å². The topological polar surface area (TPSA) is 84.5 Å². The first-order chi connectivity index (χ1) is 15.4. The van der Waals surface area contributed by atoms with Crippen LogP contribution < -0.4 is 15.4 Å². The molecule has 0 fully saturated rings. The molecule has 0 aliphatic heterocycles. The lowest BCUT2D eigenvalue weighted by molar-refractivity contribution is -0.119. The maximum Gasteiger partial charge on any atom is 0.239 e. The van der Waals surface area contributed by atoms with E-state index in [9.17, 15) is 13.2 Å². The fourth-order valence-electron chi connectivity index (χ4n) is 3.04. The standard InChI is InChI=1S/C24H26N2O4S2/c1-18-11-13-20(14-12-18)32(28,29)22-10-6-9-21(24(22)30-2)26-17-23(27)25-15-16-31-19-7-4-3-5-8-19/h3-14,26H,15-17H2,1-2H3,(H,25,27). The van der Waals surface area contributed by atoms with Crippen molar-refractivity contribution in [2.45, 2.75) is 21.6 Å². The summed E-state index contributed by atoms with van der Waals surface area (Å²) in [7, 11) is -2.36. The fourth-order valence-corrected chi connectivity index (χ4v) is 5.27. The summed E-state index contributed by atoms with van der Waals surface area (Å²) < 4.78 is 31.6. The minimum Gasteiger partial charge on any atom is -0.493 e. The van der Waals surface area contributed by atoms with Gasteiger partial charge in [-0.2, -0.15) is 0 Å². The molecule has 1 amide bonds.